The van der Waals surface area contributed by atoms with E-state index in [2.05, 4.69) is 5.32 Å². The smallest absolute Gasteiger partial charge is 0.338 e. The summed E-state index contributed by atoms with van der Waals surface area (Å²) in [5, 5.41) is 11.4. The first-order chi connectivity index (χ1) is 15.9. The zero-order chi connectivity index (χ0) is 23.7. The lowest BCUT2D eigenvalue weighted by Crippen LogP contribution is -2.31. The van der Waals surface area contributed by atoms with E-state index in [0.717, 1.165) is 30.6 Å². The van der Waals surface area contributed by atoms with E-state index in [9.17, 15) is 18.0 Å². The molecule has 3 rings (SSSR count). The van der Waals surface area contributed by atoms with Gasteiger partial charge in [0, 0.05) is 18.0 Å². The van der Waals surface area contributed by atoms with Crippen LogP contribution in [0.25, 0.3) is 0 Å². The molecule has 0 aliphatic carbocycles. The van der Waals surface area contributed by atoms with E-state index >= 15 is 0 Å². The predicted octanol–water partition coefficient (Wildman–Crippen LogP) is 3.66. The Morgan fingerprint density at radius 2 is 1.70 bits per heavy atom. The Morgan fingerprint density at radius 3 is 2.36 bits per heavy atom. The minimum atomic E-state index is -3.60. The molecule has 0 unspecified atom stereocenters. The molecule has 174 valence electrons. The van der Waals surface area contributed by atoms with Gasteiger partial charge in [-0.1, -0.05) is 25.0 Å². The summed E-state index contributed by atoms with van der Waals surface area (Å²) < 4.78 is 32.2. The van der Waals surface area contributed by atoms with Crippen LogP contribution in [0.3, 0.4) is 0 Å². The van der Waals surface area contributed by atoms with Crippen molar-refractivity contribution >= 4 is 39.3 Å². The number of amides is 1. The van der Waals surface area contributed by atoms with Crippen molar-refractivity contribution < 1.29 is 22.7 Å². The average molecular weight is 488 g/mol. The second-order valence-electron chi connectivity index (χ2n) is 7.41. The van der Waals surface area contributed by atoms with Gasteiger partial charge in [-0.2, -0.15) is 9.57 Å². The van der Waals surface area contributed by atoms with Crippen LogP contribution in [0.4, 0.5) is 5.69 Å². The molecular weight excluding hydrogens is 462 g/mol. The molecular formula is C23H25N3O5S2. The number of rotatable bonds is 8. The summed E-state index contributed by atoms with van der Waals surface area (Å²) in [7, 11) is -3.60. The number of esters is 1. The van der Waals surface area contributed by atoms with E-state index < -0.39 is 28.5 Å². The molecule has 1 fully saturated rings. The van der Waals surface area contributed by atoms with Gasteiger partial charge in [-0.25, -0.2) is 13.2 Å². The summed E-state index contributed by atoms with van der Waals surface area (Å²) in [6.45, 7) is 0.503. The molecule has 0 spiro atoms. The topological polar surface area (TPSA) is 117 Å². The molecule has 8 nitrogen and oxygen atoms in total. The molecule has 1 amide bonds. The maximum Gasteiger partial charge on any atom is 0.338 e. The highest BCUT2D eigenvalue weighted by molar-refractivity contribution is 7.99. The number of ether oxygens (including phenoxy) is 1. The van der Waals surface area contributed by atoms with Crippen molar-refractivity contribution in [2.24, 2.45) is 0 Å². The highest BCUT2D eigenvalue weighted by atomic mass is 32.2. The fraction of sp³-hybridized carbons (Fsp3) is 0.348. The fourth-order valence-electron chi connectivity index (χ4n) is 3.40. The Balaban J connectivity index is 1.57. The molecule has 1 aliphatic heterocycles. The van der Waals surface area contributed by atoms with Gasteiger partial charge in [-0.05, 0) is 49.2 Å². The molecule has 10 heteroatoms. The number of nitrogens with zero attached hydrogens (tertiary/aromatic N) is 2. The van der Waals surface area contributed by atoms with E-state index in [1.807, 2.05) is 6.07 Å². The lowest BCUT2D eigenvalue weighted by molar-refractivity contribution is -0.119. The van der Waals surface area contributed by atoms with Crippen LogP contribution < -0.4 is 5.32 Å². The third kappa shape index (κ3) is 6.81. The molecule has 1 saturated heterocycles. The van der Waals surface area contributed by atoms with Crippen molar-refractivity contribution in [1.82, 2.24) is 4.31 Å². The first kappa shape index (κ1) is 24.8. The molecule has 1 N–H and O–H groups in total. The van der Waals surface area contributed by atoms with Gasteiger partial charge in [0.1, 0.15) is 0 Å². The van der Waals surface area contributed by atoms with Gasteiger partial charge in [-0.15, -0.1) is 11.8 Å². The summed E-state index contributed by atoms with van der Waals surface area (Å²) in [6.07, 6.45) is 3.73. The van der Waals surface area contributed by atoms with Crippen molar-refractivity contribution in [1.29, 1.82) is 5.26 Å². The summed E-state index contributed by atoms with van der Waals surface area (Å²) in [6, 6.07) is 14.6. The second-order valence-corrected chi connectivity index (χ2v) is 10.4. The highest BCUT2D eigenvalue weighted by Crippen LogP contribution is 2.26. The maximum atomic E-state index is 12.8. The number of para-hydroxylation sites is 1. The largest absolute Gasteiger partial charge is 0.452 e. The van der Waals surface area contributed by atoms with E-state index in [1.165, 1.54) is 40.3 Å². The highest BCUT2D eigenvalue weighted by Gasteiger charge is 2.25. The molecule has 0 saturated carbocycles. The Labute approximate surface area is 198 Å². The van der Waals surface area contributed by atoms with Gasteiger partial charge in [0.05, 0.1) is 28.0 Å². The van der Waals surface area contributed by atoms with E-state index in [1.54, 1.807) is 24.3 Å². The lowest BCUT2D eigenvalue weighted by Gasteiger charge is -2.20. The van der Waals surface area contributed by atoms with Crippen molar-refractivity contribution in [2.45, 2.75) is 35.5 Å². The van der Waals surface area contributed by atoms with Crippen molar-refractivity contribution in [3.05, 3.63) is 54.1 Å². The molecule has 0 aromatic heterocycles. The molecule has 33 heavy (non-hydrogen) atoms. The first-order valence-corrected chi connectivity index (χ1v) is 13.0. The van der Waals surface area contributed by atoms with E-state index in [4.69, 9.17) is 10.00 Å². The summed E-state index contributed by atoms with van der Waals surface area (Å²) in [5.41, 5.74) is 0.685. The maximum absolute atomic E-state index is 12.8. The number of carbonyl (C=O) groups excluding carboxylic acids is 2. The standard InChI is InChI=1S/C23H25N3O5S2/c24-13-16-32-21-8-4-3-7-20(21)25-22(27)17-31-23(28)18-9-11-19(12-10-18)33(29,30)26-14-5-1-2-6-15-26/h3-4,7-12H,1-2,5-6,14-17H2,(H,25,27). The molecule has 0 atom stereocenters. The number of thioether (sulfide) groups is 1. The summed E-state index contributed by atoms with van der Waals surface area (Å²) in [4.78, 5) is 25.4. The van der Waals surface area contributed by atoms with Gasteiger partial charge in [0.2, 0.25) is 10.0 Å². The molecule has 0 bridgehead atoms. The van der Waals surface area contributed by atoms with Crippen LogP contribution >= 0.6 is 11.8 Å². The van der Waals surface area contributed by atoms with Gasteiger partial charge >= 0.3 is 5.97 Å². The Morgan fingerprint density at radius 1 is 1.03 bits per heavy atom. The van der Waals surface area contributed by atoms with Crippen molar-refractivity contribution in [2.75, 3.05) is 30.8 Å². The third-order valence-electron chi connectivity index (χ3n) is 5.08. The Hall–Kier alpha value is -2.87. The number of nitriles is 1. The Kier molecular flexibility index (Phi) is 8.88. The molecule has 2 aromatic carbocycles. The lowest BCUT2D eigenvalue weighted by atomic mass is 10.2. The van der Waals surface area contributed by atoms with Crippen LogP contribution in [-0.2, 0) is 19.6 Å². The fourth-order valence-corrected chi connectivity index (χ4v) is 5.59. The third-order valence-corrected chi connectivity index (χ3v) is 7.93. The molecule has 1 aliphatic rings. The molecule has 2 aromatic rings. The number of hydrogen-bond acceptors (Lipinski definition) is 7. The van der Waals surface area contributed by atoms with Crippen LogP contribution in [0.5, 0.6) is 0 Å². The van der Waals surface area contributed by atoms with E-state index in [-0.39, 0.29) is 16.2 Å². The zero-order valence-electron chi connectivity index (χ0n) is 18.0. The van der Waals surface area contributed by atoms with Crippen LogP contribution in [0.1, 0.15) is 36.0 Å². The SMILES string of the molecule is N#CCSc1ccccc1NC(=O)COC(=O)c1ccc(S(=O)(=O)N2CCCCCC2)cc1. The van der Waals surface area contributed by atoms with Crippen LogP contribution in [0.15, 0.2) is 58.3 Å². The molecule has 0 radical (unpaired) electrons. The monoisotopic (exact) mass is 487 g/mol. The number of sulfonamides is 1. The molecule has 1 heterocycles. The Bertz CT molecular complexity index is 1120. The van der Waals surface area contributed by atoms with Crippen LogP contribution in [-0.4, -0.2) is 50.0 Å². The average Bonchev–Trinajstić information content (AvgIpc) is 3.12. The predicted molar refractivity (Wildman–Crippen MR) is 125 cm³/mol. The quantitative estimate of drug-likeness (QED) is 0.446. The zero-order valence-corrected chi connectivity index (χ0v) is 19.7. The van der Waals surface area contributed by atoms with E-state index in [0.29, 0.717) is 18.8 Å². The van der Waals surface area contributed by atoms with Crippen LogP contribution in [0.2, 0.25) is 0 Å². The summed E-state index contributed by atoms with van der Waals surface area (Å²) >= 11 is 1.29. The first-order valence-electron chi connectivity index (χ1n) is 10.6. The minimum absolute atomic E-state index is 0.130. The van der Waals surface area contributed by atoms with Gasteiger partial charge < -0.3 is 10.1 Å². The minimum Gasteiger partial charge on any atom is -0.452 e. The van der Waals surface area contributed by atoms with Crippen LogP contribution in [0, 0.1) is 11.3 Å². The normalized spacial score (nSPS) is 14.6. The van der Waals surface area contributed by atoms with Crippen molar-refractivity contribution in [3.63, 3.8) is 0 Å². The number of anilines is 1. The second kappa shape index (κ2) is 11.8. The summed E-state index contributed by atoms with van der Waals surface area (Å²) in [5.74, 6) is -1.00. The number of benzene rings is 2. The number of nitrogens with one attached hydrogen (secondary N) is 1. The number of carbonyl (C=O) groups is 2. The van der Waals surface area contributed by atoms with Gasteiger partial charge in [-0.3, -0.25) is 4.79 Å². The van der Waals surface area contributed by atoms with Crippen molar-refractivity contribution in [3.8, 4) is 6.07 Å². The van der Waals surface area contributed by atoms with Gasteiger partial charge in [0.15, 0.2) is 6.61 Å². The number of hydrogen-bond donors (Lipinski definition) is 1. The van der Waals surface area contributed by atoms with Gasteiger partial charge in [0.25, 0.3) is 5.91 Å².